The fraction of sp³-hybridized carbons (Fsp3) is 0.562. The van der Waals surface area contributed by atoms with Gasteiger partial charge < -0.3 is 4.90 Å². The van der Waals surface area contributed by atoms with Crippen LogP contribution >= 0.6 is 23.1 Å². The first-order chi connectivity index (χ1) is 11.5. The molecule has 0 saturated carbocycles. The third-order valence-corrected chi connectivity index (χ3v) is 8.09. The van der Waals surface area contributed by atoms with Crippen LogP contribution in [0.2, 0.25) is 0 Å². The maximum atomic E-state index is 13.0. The highest BCUT2D eigenvalue weighted by Crippen LogP contribution is 2.33. The second-order valence-electron chi connectivity index (χ2n) is 5.93. The van der Waals surface area contributed by atoms with Crippen LogP contribution in [-0.2, 0) is 14.8 Å². The Morgan fingerprint density at radius 2 is 2.25 bits per heavy atom. The van der Waals surface area contributed by atoms with Crippen molar-refractivity contribution in [3.63, 3.8) is 0 Å². The minimum Gasteiger partial charge on any atom is -0.306 e. The Morgan fingerprint density at radius 3 is 2.96 bits per heavy atom. The third kappa shape index (κ3) is 3.87. The molecule has 1 unspecified atom stereocenters. The summed E-state index contributed by atoms with van der Waals surface area (Å²) in [5.41, 5.74) is 0. The van der Waals surface area contributed by atoms with E-state index in [1.165, 1.54) is 4.31 Å². The van der Waals surface area contributed by atoms with Crippen molar-refractivity contribution >= 4 is 45.1 Å². The molecule has 1 aromatic heterocycles. The quantitative estimate of drug-likeness (QED) is 0.798. The van der Waals surface area contributed by atoms with Crippen LogP contribution in [0.5, 0.6) is 0 Å². The van der Waals surface area contributed by atoms with Gasteiger partial charge in [0.25, 0.3) is 0 Å². The van der Waals surface area contributed by atoms with E-state index in [4.69, 9.17) is 0 Å². The predicted octanol–water partition coefficient (Wildman–Crippen LogP) is 2.68. The average Bonchev–Trinajstić information content (AvgIpc) is 3.26. The van der Waals surface area contributed by atoms with Crippen LogP contribution in [0.15, 0.2) is 22.5 Å². The highest BCUT2D eigenvalue weighted by atomic mass is 32.2. The molecule has 2 aliphatic heterocycles. The first-order valence-corrected chi connectivity index (χ1v) is 11.7. The molecular weight excluding hydrogens is 364 g/mol. The summed E-state index contributed by atoms with van der Waals surface area (Å²) in [5, 5.41) is 3.00. The maximum Gasteiger partial charge on any atom is 0.231 e. The van der Waals surface area contributed by atoms with Crippen LogP contribution in [0.1, 0.15) is 24.6 Å². The predicted molar refractivity (Wildman–Crippen MR) is 100 cm³/mol. The zero-order chi connectivity index (χ0) is 17.2. The van der Waals surface area contributed by atoms with Gasteiger partial charge in [0.1, 0.15) is 0 Å². The van der Waals surface area contributed by atoms with Crippen molar-refractivity contribution in [2.75, 3.05) is 31.1 Å². The van der Waals surface area contributed by atoms with Crippen LogP contribution in [0.25, 0.3) is 6.08 Å². The first kappa shape index (κ1) is 18.0. The molecular formula is C16H22N2O3S3. The van der Waals surface area contributed by atoms with E-state index in [-0.39, 0.29) is 17.6 Å². The van der Waals surface area contributed by atoms with Gasteiger partial charge in [-0.05, 0) is 37.3 Å². The molecule has 0 N–H and O–H groups in total. The molecule has 3 rings (SSSR count). The van der Waals surface area contributed by atoms with E-state index >= 15 is 0 Å². The van der Waals surface area contributed by atoms with Crippen molar-refractivity contribution in [2.45, 2.75) is 19.8 Å². The molecule has 0 spiro atoms. The lowest BCUT2D eigenvalue weighted by Gasteiger charge is -2.33. The Kier molecular flexibility index (Phi) is 5.69. The number of sulfonamides is 1. The average molecular weight is 387 g/mol. The van der Waals surface area contributed by atoms with Gasteiger partial charge in [0, 0.05) is 30.3 Å². The van der Waals surface area contributed by atoms with Gasteiger partial charge in [0.2, 0.25) is 15.9 Å². The Labute approximate surface area is 151 Å². The van der Waals surface area contributed by atoms with E-state index in [1.807, 2.05) is 22.4 Å². The second-order valence-corrected chi connectivity index (χ2v) is 10.3. The summed E-state index contributed by atoms with van der Waals surface area (Å²) in [5.74, 6) is 0.827. The summed E-state index contributed by atoms with van der Waals surface area (Å²) in [6.45, 7) is 3.21. The van der Waals surface area contributed by atoms with E-state index in [1.54, 1.807) is 30.0 Å². The number of hydrogen-bond donors (Lipinski definition) is 0. The molecule has 2 aliphatic rings. The Balaban J connectivity index is 1.73. The van der Waals surface area contributed by atoms with Crippen LogP contribution in [0, 0.1) is 5.92 Å². The zero-order valence-corrected chi connectivity index (χ0v) is 16.1. The van der Waals surface area contributed by atoms with Gasteiger partial charge in [-0.3, -0.25) is 4.79 Å². The number of carbonyl (C=O) groups is 1. The lowest BCUT2D eigenvalue weighted by molar-refractivity contribution is -0.133. The zero-order valence-electron chi connectivity index (χ0n) is 13.7. The van der Waals surface area contributed by atoms with Crippen LogP contribution in [0.3, 0.4) is 0 Å². The fourth-order valence-corrected chi connectivity index (χ4v) is 6.00. The van der Waals surface area contributed by atoms with Gasteiger partial charge in [-0.25, -0.2) is 12.7 Å². The molecule has 0 aliphatic carbocycles. The molecule has 3 heterocycles. The van der Waals surface area contributed by atoms with E-state index in [0.29, 0.717) is 19.6 Å². The fourth-order valence-electron chi connectivity index (χ4n) is 3.06. The molecule has 1 aromatic rings. The maximum absolute atomic E-state index is 13.0. The first-order valence-electron chi connectivity index (χ1n) is 8.18. The number of rotatable bonds is 4. The summed E-state index contributed by atoms with van der Waals surface area (Å²) in [6, 6.07) is 4.03. The number of amides is 1. The number of piperidine rings is 1. The van der Waals surface area contributed by atoms with E-state index in [2.05, 4.69) is 6.08 Å². The Morgan fingerprint density at radius 1 is 1.42 bits per heavy atom. The molecule has 1 amide bonds. The second kappa shape index (κ2) is 7.59. The molecule has 0 aromatic carbocycles. The van der Waals surface area contributed by atoms with Gasteiger partial charge in [0.15, 0.2) is 0 Å². The Hall–Kier alpha value is -0.830. The normalized spacial score (nSPS) is 24.6. The highest BCUT2D eigenvalue weighted by molar-refractivity contribution is 8.03. The van der Waals surface area contributed by atoms with Gasteiger partial charge in [0.05, 0.1) is 16.7 Å². The number of thiophene rings is 1. The van der Waals surface area contributed by atoms with Gasteiger partial charge in [-0.1, -0.05) is 6.07 Å². The smallest absolute Gasteiger partial charge is 0.231 e. The summed E-state index contributed by atoms with van der Waals surface area (Å²) in [6.07, 6.45) is 3.58. The van der Waals surface area contributed by atoms with Crippen LogP contribution in [-0.4, -0.2) is 54.7 Å². The van der Waals surface area contributed by atoms with Crippen molar-refractivity contribution in [3.8, 4) is 0 Å². The molecule has 2 saturated heterocycles. The minimum atomic E-state index is -3.22. The largest absolute Gasteiger partial charge is 0.306 e. The summed E-state index contributed by atoms with van der Waals surface area (Å²) in [7, 11) is -3.22. The number of nitrogens with zero attached hydrogens (tertiary/aromatic N) is 2. The van der Waals surface area contributed by atoms with Crippen LogP contribution < -0.4 is 0 Å². The summed E-state index contributed by atoms with van der Waals surface area (Å²) < 4.78 is 25.7. The van der Waals surface area contributed by atoms with Crippen molar-refractivity contribution in [1.82, 2.24) is 9.21 Å². The Bertz CT molecular complexity index is 713. The molecule has 0 bridgehead atoms. The molecule has 8 heteroatoms. The third-order valence-electron chi connectivity index (χ3n) is 4.40. The van der Waals surface area contributed by atoms with Crippen molar-refractivity contribution < 1.29 is 13.2 Å². The topological polar surface area (TPSA) is 57.7 Å². The van der Waals surface area contributed by atoms with Gasteiger partial charge in [-0.15, -0.1) is 23.1 Å². The molecule has 0 radical (unpaired) electrons. The van der Waals surface area contributed by atoms with E-state index in [0.717, 1.165) is 28.5 Å². The minimum absolute atomic E-state index is 0.0683. The molecule has 24 heavy (non-hydrogen) atoms. The number of thioether (sulfide) groups is 1. The lowest BCUT2D eigenvalue weighted by Crippen LogP contribution is -2.46. The SMILES string of the molecule is CCS(=O)(=O)N1CCCC(C(=O)N2CCS/C2=C/c2cccs2)C1. The lowest BCUT2D eigenvalue weighted by atomic mass is 9.98. The summed E-state index contributed by atoms with van der Waals surface area (Å²) >= 11 is 3.34. The monoisotopic (exact) mass is 386 g/mol. The van der Waals surface area contributed by atoms with Gasteiger partial charge in [-0.2, -0.15) is 0 Å². The van der Waals surface area contributed by atoms with Crippen molar-refractivity contribution in [1.29, 1.82) is 0 Å². The number of carbonyl (C=O) groups excluding carboxylic acids is 1. The highest BCUT2D eigenvalue weighted by Gasteiger charge is 2.35. The van der Waals surface area contributed by atoms with Gasteiger partial charge >= 0.3 is 0 Å². The standard InChI is InChI=1S/C16H22N2O3S3/c1-2-24(20,21)17-7-3-5-13(12-17)16(19)18-8-10-23-15(18)11-14-6-4-9-22-14/h4,6,9,11,13H,2-3,5,7-8,10,12H2,1H3/b15-11+. The molecule has 132 valence electrons. The van der Waals surface area contributed by atoms with E-state index < -0.39 is 10.0 Å². The molecule has 1 atom stereocenters. The number of hydrogen-bond acceptors (Lipinski definition) is 5. The molecule has 2 fully saturated rings. The van der Waals surface area contributed by atoms with E-state index in [9.17, 15) is 13.2 Å². The molecule has 5 nitrogen and oxygen atoms in total. The summed E-state index contributed by atoms with van der Waals surface area (Å²) in [4.78, 5) is 15.9. The van der Waals surface area contributed by atoms with Crippen molar-refractivity contribution in [3.05, 3.63) is 27.4 Å². The van der Waals surface area contributed by atoms with Crippen LogP contribution in [0.4, 0.5) is 0 Å². The van der Waals surface area contributed by atoms with Crippen molar-refractivity contribution in [2.24, 2.45) is 5.92 Å².